The van der Waals surface area contributed by atoms with Gasteiger partial charge in [-0.05, 0) is 29.9 Å². The Balaban J connectivity index is 2.21. The second-order valence-electron chi connectivity index (χ2n) is 6.66. The molecular formula is C16H26N2. The fraction of sp³-hybridized carbons (Fsp3) is 0.625. The quantitative estimate of drug-likeness (QED) is 0.869. The molecule has 0 aromatic heterocycles. The van der Waals surface area contributed by atoms with Crippen molar-refractivity contribution in [2.45, 2.75) is 52.7 Å². The molecular weight excluding hydrogens is 220 g/mol. The Bertz CT molecular complexity index is 404. The van der Waals surface area contributed by atoms with Crippen LogP contribution >= 0.6 is 0 Å². The molecule has 1 aromatic carbocycles. The SMILES string of the molecule is CC(N)C(N1CCc2ccccc2C1)C(C)(C)C. The van der Waals surface area contributed by atoms with Crippen LogP contribution in [0, 0.1) is 5.41 Å². The highest BCUT2D eigenvalue weighted by atomic mass is 15.2. The van der Waals surface area contributed by atoms with Gasteiger partial charge in [0.15, 0.2) is 0 Å². The zero-order valence-corrected chi connectivity index (χ0v) is 12.1. The Labute approximate surface area is 111 Å². The van der Waals surface area contributed by atoms with Gasteiger partial charge in [0, 0.05) is 25.2 Å². The van der Waals surface area contributed by atoms with E-state index in [9.17, 15) is 0 Å². The summed E-state index contributed by atoms with van der Waals surface area (Å²) in [4.78, 5) is 2.56. The van der Waals surface area contributed by atoms with E-state index < -0.39 is 0 Å². The number of rotatable bonds is 2. The van der Waals surface area contributed by atoms with Crippen LogP contribution in [0.4, 0.5) is 0 Å². The second-order valence-corrected chi connectivity index (χ2v) is 6.66. The van der Waals surface area contributed by atoms with Crippen LogP contribution in [0.3, 0.4) is 0 Å². The first-order chi connectivity index (χ1) is 8.39. The third-order valence-corrected chi connectivity index (χ3v) is 3.94. The molecule has 0 fully saturated rings. The van der Waals surface area contributed by atoms with Crippen molar-refractivity contribution in [1.29, 1.82) is 0 Å². The molecule has 1 aromatic rings. The summed E-state index contributed by atoms with van der Waals surface area (Å²) in [6.07, 6.45) is 1.15. The van der Waals surface area contributed by atoms with Crippen molar-refractivity contribution in [3.8, 4) is 0 Å². The molecule has 2 nitrogen and oxygen atoms in total. The number of benzene rings is 1. The summed E-state index contributed by atoms with van der Waals surface area (Å²) in [6, 6.07) is 9.43. The Morgan fingerprint density at radius 1 is 1.17 bits per heavy atom. The molecule has 0 aliphatic carbocycles. The molecule has 2 N–H and O–H groups in total. The molecule has 0 saturated heterocycles. The van der Waals surface area contributed by atoms with Gasteiger partial charge >= 0.3 is 0 Å². The van der Waals surface area contributed by atoms with E-state index in [-0.39, 0.29) is 11.5 Å². The Morgan fingerprint density at radius 3 is 2.33 bits per heavy atom. The van der Waals surface area contributed by atoms with E-state index in [0.29, 0.717) is 6.04 Å². The zero-order chi connectivity index (χ0) is 13.3. The molecule has 2 rings (SSSR count). The normalized spacial score (nSPS) is 20.3. The molecule has 2 atom stereocenters. The Kier molecular flexibility index (Phi) is 3.79. The molecule has 1 aliphatic rings. The van der Waals surface area contributed by atoms with Crippen LogP contribution in [-0.4, -0.2) is 23.5 Å². The van der Waals surface area contributed by atoms with Gasteiger partial charge in [0.25, 0.3) is 0 Å². The number of nitrogens with zero attached hydrogens (tertiary/aromatic N) is 1. The summed E-state index contributed by atoms with van der Waals surface area (Å²) in [5, 5.41) is 0. The molecule has 1 heterocycles. The topological polar surface area (TPSA) is 29.3 Å². The average Bonchev–Trinajstić information content (AvgIpc) is 2.26. The van der Waals surface area contributed by atoms with Crippen molar-refractivity contribution < 1.29 is 0 Å². The first-order valence-electron chi connectivity index (χ1n) is 6.96. The minimum Gasteiger partial charge on any atom is -0.327 e. The first kappa shape index (κ1) is 13.6. The fourth-order valence-electron chi connectivity index (χ4n) is 3.42. The lowest BCUT2D eigenvalue weighted by atomic mass is 9.80. The lowest BCUT2D eigenvalue weighted by Gasteiger charge is -2.44. The van der Waals surface area contributed by atoms with Crippen LogP contribution in [0.2, 0.25) is 0 Å². The third kappa shape index (κ3) is 2.76. The van der Waals surface area contributed by atoms with Gasteiger partial charge < -0.3 is 5.73 Å². The van der Waals surface area contributed by atoms with Gasteiger partial charge in [-0.3, -0.25) is 4.90 Å². The molecule has 0 amide bonds. The highest BCUT2D eigenvalue weighted by molar-refractivity contribution is 5.29. The molecule has 0 spiro atoms. The van der Waals surface area contributed by atoms with E-state index in [4.69, 9.17) is 5.73 Å². The number of hydrogen-bond acceptors (Lipinski definition) is 2. The number of nitrogens with two attached hydrogens (primary N) is 1. The molecule has 2 heteroatoms. The first-order valence-corrected chi connectivity index (χ1v) is 6.96. The van der Waals surface area contributed by atoms with E-state index in [1.54, 1.807) is 0 Å². The monoisotopic (exact) mass is 246 g/mol. The van der Waals surface area contributed by atoms with Crippen LogP contribution in [0.15, 0.2) is 24.3 Å². The molecule has 0 saturated carbocycles. The van der Waals surface area contributed by atoms with Crippen LogP contribution in [0.1, 0.15) is 38.8 Å². The maximum Gasteiger partial charge on any atom is 0.0296 e. The predicted molar refractivity (Wildman–Crippen MR) is 77.4 cm³/mol. The summed E-state index contributed by atoms with van der Waals surface area (Å²) in [5.41, 5.74) is 9.43. The highest BCUT2D eigenvalue weighted by Crippen LogP contribution is 2.30. The fourth-order valence-corrected chi connectivity index (χ4v) is 3.42. The summed E-state index contributed by atoms with van der Waals surface area (Å²) in [6.45, 7) is 11.2. The van der Waals surface area contributed by atoms with Crippen molar-refractivity contribution >= 4 is 0 Å². The van der Waals surface area contributed by atoms with Crippen molar-refractivity contribution in [2.24, 2.45) is 11.1 Å². The largest absolute Gasteiger partial charge is 0.327 e. The maximum atomic E-state index is 6.23. The van der Waals surface area contributed by atoms with Crippen LogP contribution < -0.4 is 5.73 Å². The van der Waals surface area contributed by atoms with Gasteiger partial charge in [-0.15, -0.1) is 0 Å². The van der Waals surface area contributed by atoms with E-state index in [2.05, 4.69) is 56.9 Å². The molecule has 1 aliphatic heterocycles. The summed E-state index contributed by atoms with van der Waals surface area (Å²) in [7, 11) is 0. The lowest BCUT2D eigenvalue weighted by molar-refractivity contribution is 0.0703. The van der Waals surface area contributed by atoms with Gasteiger partial charge in [0.2, 0.25) is 0 Å². The lowest BCUT2D eigenvalue weighted by Crippen LogP contribution is -2.54. The average molecular weight is 246 g/mol. The van der Waals surface area contributed by atoms with Crippen molar-refractivity contribution in [2.75, 3.05) is 6.54 Å². The number of hydrogen-bond donors (Lipinski definition) is 1. The van der Waals surface area contributed by atoms with E-state index in [1.807, 2.05) is 0 Å². The summed E-state index contributed by atoms with van der Waals surface area (Å²) < 4.78 is 0. The second kappa shape index (κ2) is 5.02. The summed E-state index contributed by atoms with van der Waals surface area (Å²) >= 11 is 0. The van der Waals surface area contributed by atoms with Crippen molar-refractivity contribution in [3.05, 3.63) is 35.4 Å². The van der Waals surface area contributed by atoms with E-state index in [1.165, 1.54) is 11.1 Å². The highest BCUT2D eigenvalue weighted by Gasteiger charge is 2.34. The predicted octanol–water partition coefficient (Wildman–Crippen LogP) is 2.81. The standard InChI is InChI=1S/C16H26N2/c1-12(17)15(16(2,3)4)18-10-9-13-7-5-6-8-14(13)11-18/h5-8,12,15H,9-11,17H2,1-4H3. The van der Waals surface area contributed by atoms with E-state index in [0.717, 1.165) is 19.5 Å². The minimum atomic E-state index is 0.204. The Hall–Kier alpha value is -0.860. The van der Waals surface area contributed by atoms with Crippen LogP contribution in [0.5, 0.6) is 0 Å². The van der Waals surface area contributed by atoms with Gasteiger partial charge in [-0.1, -0.05) is 45.0 Å². The van der Waals surface area contributed by atoms with Gasteiger partial charge in [-0.2, -0.15) is 0 Å². The summed E-state index contributed by atoms with van der Waals surface area (Å²) in [5.74, 6) is 0. The van der Waals surface area contributed by atoms with E-state index >= 15 is 0 Å². The van der Waals surface area contributed by atoms with Gasteiger partial charge in [0.1, 0.15) is 0 Å². The van der Waals surface area contributed by atoms with Crippen molar-refractivity contribution in [3.63, 3.8) is 0 Å². The maximum absolute atomic E-state index is 6.23. The van der Waals surface area contributed by atoms with Gasteiger partial charge in [-0.25, -0.2) is 0 Å². The van der Waals surface area contributed by atoms with Crippen LogP contribution in [0.25, 0.3) is 0 Å². The smallest absolute Gasteiger partial charge is 0.0296 e. The third-order valence-electron chi connectivity index (χ3n) is 3.94. The van der Waals surface area contributed by atoms with Gasteiger partial charge in [0.05, 0.1) is 0 Å². The molecule has 0 radical (unpaired) electrons. The van der Waals surface area contributed by atoms with Crippen LogP contribution in [-0.2, 0) is 13.0 Å². The minimum absolute atomic E-state index is 0.204. The Morgan fingerprint density at radius 2 is 1.78 bits per heavy atom. The molecule has 2 unspecified atom stereocenters. The van der Waals surface area contributed by atoms with Crippen molar-refractivity contribution in [1.82, 2.24) is 4.90 Å². The number of fused-ring (bicyclic) bond motifs is 1. The zero-order valence-electron chi connectivity index (χ0n) is 12.1. The molecule has 18 heavy (non-hydrogen) atoms. The molecule has 0 bridgehead atoms. The molecule has 100 valence electrons.